The Kier molecular flexibility index (Phi) is 4.90. The van der Waals surface area contributed by atoms with Crippen molar-refractivity contribution in [1.82, 2.24) is 4.98 Å². The number of hydrogen-bond acceptors (Lipinski definition) is 4. The Bertz CT molecular complexity index is 754. The molecule has 0 saturated carbocycles. The minimum atomic E-state index is -1.09. The van der Waals surface area contributed by atoms with Gasteiger partial charge in [0, 0.05) is 17.4 Å². The first-order chi connectivity index (χ1) is 10.9. The van der Waals surface area contributed by atoms with Gasteiger partial charge in [-0.15, -0.1) is 0 Å². The molecule has 1 atom stereocenters. The molecule has 0 fully saturated rings. The number of rotatable bonds is 5. The van der Waals surface area contributed by atoms with Crippen molar-refractivity contribution in [2.45, 2.75) is 20.0 Å². The van der Waals surface area contributed by atoms with Crippen LogP contribution in [0.1, 0.15) is 34.7 Å². The molecular weight excluding hydrogens is 303 g/mol. The largest absolute Gasteiger partial charge is 0.448 e. The van der Waals surface area contributed by atoms with E-state index >= 15 is 0 Å². The number of H-pyrrole nitrogens is 1. The Morgan fingerprint density at radius 2 is 2.00 bits per heavy atom. The van der Waals surface area contributed by atoms with Crippen molar-refractivity contribution in [3.63, 3.8) is 0 Å². The molecule has 6 nitrogen and oxygen atoms in total. The van der Waals surface area contributed by atoms with Crippen molar-refractivity contribution in [2.75, 3.05) is 5.32 Å². The van der Waals surface area contributed by atoms with Crippen molar-refractivity contribution >= 4 is 23.3 Å². The van der Waals surface area contributed by atoms with Gasteiger partial charge in [0.15, 0.2) is 11.9 Å². The van der Waals surface area contributed by atoms with Crippen LogP contribution >= 0.6 is 0 Å². The molecule has 2 N–H and O–H groups in total. The van der Waals surface area contributed by atoms with Crippen LogP contribution < -0.4 is 5.32 Å². The van der Waals surface area contributed by atoms with E-state index in [2.05, 4.69) is 10.3 Å². The van der Waals surface area contributed by atoms with Crippen molar-refractivity contribution in [3.8, 4) is 0 Å². The average molecular weight is 318 g/mol. The lowest BCUT2D eigenvalue weighted by molar-refractivity contribution is -0.123. The molecular formula is C16H15FN2O4. The van der Waals surface area contributed by atoms with E-state index in [1.807, 2.05) is 0 Å². The van der Waals surface area contributed by atoms with Crippen molar-refractivity contribution in [3.05, 3.63) is 53.6 Å². The van der Waals surface area contributed by atoms with Crippen LogP contribution in [0.15, 0.2) is 36.5 Å². The molecule has 2 aromatic rings. The summed E-state index contributed by atoms with van der Waals surface area (Å²) in [7, 11) is 0. The number of ether oxygens (including phenoxy) is 1. The quantitative estimate of drug-likeness (QED) is 0.655. The Morgan fingerprint density at radius 1 is 1.26 bits per heavy atom. The number of carbonyl (C=O) groups excluding carboxylic acids is 3. The van der Waals surface area contributed by atoms with Gasteiger partial charge in [-0.3, -0.25) is 9.59 Å². The number of ketones is 1. The number of aromatic amines is 1. The standard InChI is InChI=1S/C16H15FN2O4/c1-9(20)11-6-14(18-8-11)16(22)23-10(2)15(21)19-13-5-3-4-12(17)7-13/h3-8,10,18H,1-2H3,(H,19,21)/t10-/m0/s1. The second-order valence-electron chi connectivity index (χ2n) is 4.91. The second kappa shape index (κ2) is 6.87. The van der Waals surface area contributed by atoms with Crippen molar-refractivity contribution in [2.24, 2.45) is 0 Å². The van der Waals surface area contributed by atoms with E-state index in [1.165, 1.54) is 44.3 Å². The summed E-state index contributed by atoms with van der Waals surface area (Å²) in [6, 6.07) is 6.71. The van der Waals surface area contributed by atoms with Gasteiger partial charge in [-0.2, -0.15) is 0 Å². The van der Waals surface area contributed by atoms with Gasteiger partial charge < -0.3 is 15.0 Å². The smallest absolute Gasteiger partial charge is 0.355 e. The Hall–Kier alpha value is -2.96. The predicted octanol–water partition coefficient (Wildman–Crippen LogP) is 2.54. The summed E-state index contributed by atoms with van der Waals surface area (Å²) in [5.74, 6) is -2.05. The van der Waals surface area contributed by atoms with Crippen LogP contribution in [0.2, 0.25) is 0 Å². The number of benzene rings is 1. The molecule has 0 aliphatic carbocycles. The van der Waals surface area contributed by atoms with Crippen LogP contribution in [0.4, 0.5) is 10.1 Å². The first-order valence-electron chi connectivity index (χ1n) is 6.83. The highest BCUT2D eigenvalue weighted by atomic mass is 19.1. The highest BCUT2D eigenvalue weighted by molar-refractivity contribution is 5.99. The van der Waals surface area contributed by atoms with E-state index in [4.69, 9.17) is 4.74 Å². The van der Waals surface area contributed by atoms with Gasteiger partial charge in [-0.25, -0.2) is 9.18 Å². The second-order valence-corrected chi connectivity index (χ2v) is 4.91. The topological polar surface area (TPSA) is 88.3 Å². The van der Waals surface area contributed by atoms with Gasteiger partial charge in [0.1, 0.15) is 11.5 Å². The fraction of sp³-hybridized carbons (Fsp3) is 0.188. The van der Waals surface area contributed by atoms with Crippen molar-refractivity contribution < 1.29 is 23.5 Å². The molecule has 0 aliphatic heterocycles. The zero-order chi connectivity index (χ0) is 17.0. The summed E-state index contributed by atoms with van der Waals surface area (Å²) in [5.41, 5.74) is 0.672. The number of hydrogen-bond donors (Lipinski definition) is 2. The fourth-order valence-corrected chi connectivity index (χ4v) is 1.80. The monoisotopic (exact) mass is 318 g/mol. The summed E-state index contributed by atoms with van der Waals surface area (Å²) in [6.45, 7) is 2.76. The van der Waals surface area contributed by atoms with Gasteiger partial charge >= 0.3 is 5.97 Å². The van der Waals surface area contributed by atoms with Gasteiger partial charge in [0.2, 0.25) is 0 Å². The van der Waals surface area contributed by atoms with Gasteiger partial charge in [0.25, 0.3) is 5.91 Å². The molecule has 1 heterocycles. The minimum Gasteiger partial charge on any atom is -0.448 e. The number of esters is 1. The first-order valence-corrected chi connectivity index (χ1v) is 6.83. The molecule has 2 rings (SSSR count). The number of nitrogens with one attached hydrogen (secondary N) is 2. The maximum atomic E-state index is 13.0. The van der Waals surface area contributed by atoms with Crippen LogP contribution in [0.25, 0.3) is 0 Å². The summed E-state index contributed by atoms with van der Waals surface area (Å²) in [5, 5.41) is 2.44. The molecule has 7 heteroatoms. The normalized spacial score (nSPS) is 11.6. The van der Waals surface area contributed by atoms with E-state index in [1.54, 1.807) is 0 Å². The van der Waals surface area contributed by atoms with Gasteiger partial charge in [-0.1, -0.05) is 6.07 Å². The molecule has 0 bridgehead atoms. The van der Waals surface area contributed by atoms with E-state index in [0.29, 0.717) is 5.56 Å². The predicted molar refractivity (Wildman–Crippen MR) is 80.7 cm³/mol. The van der Waals surface area contributed by atoms with Crippen LogP contribution in [0, 0.1) is 5.82 Å². The van der Waals surface area contributed by atoms with Crippen LogP contribution in [-0.4, -0.2) is 28.7 Å². The lowest BCUT2D eigenvalue weighted by Crippen LogP contribution is -2.30. The first kappa shape index (κ1) is 16.4. The molecule has 120 valence electrons. The highest BCUT2D eigenvalue weighted by Gasteiger charge is 2.20. The molecule has 23 heavy (non-hydrogen) atoms. The Labute approximate surface area is 131 Å². The molecule has 1 aromatic heterocycles. The zero-order valence-corrected chi connectivity index (χ0v) is 12.6. The molecule has 0 unspecified atom stereocenters. The number of anilines is 1. The van der Waals surface area contributed by atoms with Crippen LogP contribution in [-0.2, 0) is 9.53 Å². The summed E-state index contributed by atoms with van der Waals surface area (Å²) < 4.78 is 18.1. The van der Waals surface area contributed by atoms with E-state index in [0.717, 1.165) is 6.07 Å². The highest BCUT2D eigenvalue weighted by Crippen LogP contribution is 2.11. The van der Waals surface area contributed by atoms with Gasteiger partial charge in [0.05, 0.1) is 0 Å². The molecule has 1 amide bonds. The lowest BCUT2D eigenvalue weighted by atomic mass is 10.2. The number of amides is 1. The fourth-order valence-electron chi connectivity index (χ4n) is 1.80. The minimum absolute atomic E-state index is 0.0700. The third kappa shape index (κ3) is 4.26. The molecule has 0 aliphatic rings. The average Bonchev–Trinajstić information content (AvgIpc) is 2.97. The van der Waals surface area contributed by atoms with Crippen molar-refractivity contribution in [1.29, 1.82) is 0 Å². The van der Waals surface area contributed by atoms with Crippen LogP contribution in [0.5, 0.6) is 0 Å². The molecule has 0 saturated heterocycles. The third-order valence-corrected chi connectivity index (χ3v) is 3.05. The Morgan fingerprint density at radius 3 is 2.61 bits per heavy atom. The molecule has 0 radical (unpaired) electrons. The number of Topliss-reactive ketones (excluding diaryl/α,β-unsaturated/α-hetero) is 1. The third-order valence-electron chi connectivity index (χ3n) is 3.05. The summed E-state index contributed by atoms with van der Waals surface area (Å²) in [4.78, 5) is 37.6. The number of aromatic nitrogens is 1. The number of carbonyl (C=O) groups is 3. The lowest BCUT2D eigenvalue weighted by Gasteiger charge is -2.13. The van der Waals surface area contributed by atoms with E-state index < -0.39 is 23.8 Å². The maximum Gasteiger partial charge on any atom is 0.355 e. The summed E-state index contributed by atoms with van der Waals surface area (Å²) >= 11 is 0. The molecule has 0 spiro atoms. The van der Waals surface area contributed by atoms with Gasteiger partial charge in [-0.05, 0) is 38.1 Å². The van der Waals surface area contributed by atoms with E-state index in [9.17, 15) is 18.8 Å². The Balaban J connectivity index is 1.97. The maximum absolute atomic E-state index is 13.0. The van der Waals surface area contributed by atoms with E-state index in [-0.39, 0.29) is 17.2 Å². The molecule has 1 aromatic carbocycles. The SMILES string of the molecule is CC(=O)c1c[nH]c(C(=O)O[C@@H](C)C(=O)Nc2cccc(F)c2)c1. The van der Waals surface area contributed by atoms with Crippen LogP contribution in [0.3, 0.4) is 0 Å². The summed E-state index contributed by atoms with van der Waals surface area (Å²) in [6.07, 6.45) is 0.297. The zero-order valence-electron chi connectivity index (χ0n) is 12.6. The number of halogens is 1.